The van der Waals surface area contributed by atoms with Crippen molar-refractivity contribution in [3.8, 4) is 5.75 Å². The maximum atomic E-state index is 5.53. The van der Waals surface area contributed by atoms with Gasteiger partial charge in [0.1, 0.15) is 11.9 Å². The minimum atomic E-state index is 0.467. The predicted octanol–water partition coefficient (Wildman–Crippen LogP) is 1.54. The number of nitrogens with zero attached hydrogens (tertiary/aromatic N) is 1. The molecule has 1 heterocycles. The first-order valence-electron chi connectivity index (χ1n) is 2.40. The average Bonchev–Trinajstić information content (AvgIpc) is 1.88. The van der Waals surface area contributed by atoms with E-state index >= 15 is 0 Å². The van der Waals surface area contributed by atoms with Gasteiger partial charge in [-0.15, -0.1) is 0 Å². The van der Waals surface area contributed by atoms with E-state index in [0.717, 1.165) is 0 Å². The van der Waals surface area contributed by atoms with Crippen LogP contribution in [0.25, 0.3) is 0 Å². The van der Waals surface area contributed by atoms with Gasteiger partial charge in [0.25, 0.3) is 0 Å². The lowest BCUT2D eigenvalue weighted by atomic mass is 10.5. The minimum absolute atomic E-state index is 0.467. The van der Waals surface area contributed by atoms with Crippen LogP contribution in [0.2, 0.25) is 5.02 Å². The lowest BCUT2D eigenvalue weighted by Crippen LogP contribution is -1.82. The van der Waals surface area contributed by atoms with E-state index in [0.29, 0.717) is 10.8 Å². The van der Waals surface area contributed by atoms with Crippen LogP contribution in [0.15, 0.2) is 12.3 Å². The van der Waals surface area contributed by atoms with Gasteiger partial charge in [0.15, 0.2) is 0 Å². The minimum Gasteiger partial charge on any atom is -0.495 e. The zero-order valence-corrected chi connectivity index (χ0v) is 5.64. The molecule has 0 aromatic carbocycles. The van der Waals surface area contributed by atoms with Gasteiger partial charge in [-0.25, -0.2) is 4.98 Å². The number of halogens is 1. The second-order valence-corrected chi connectivity index (χ2v) is 1.88. The van der Waals surface area contributed by atoms with Gasteiger partial charge < -0.3 is 4.74 Å². The molecule has 0 aliphatic carbocycles. The first-order valence-corrected chi connectivity index (χ1v) is 2.78. The van der Waals surface area contributed by atoms with Crippen molar-refractivity contribution in [1.29, 1.82) is 0 Å². The van der Waals surface area contributed by atoms with Crippen molar-refractivity contribution >= 4 is 11.6 Å². The number of aromatic nitrogens is 1. The first-order chi connectivity index (χ1) is 4.33. The van der Waals surface area contributed by atoms with E-state index in [9.17, 15) is 0 Å². The quantitative estimate of drug-likeness (QED) is 0.594. The predicted molar refractivity (Wildman–Crippen MR) is 34.6 cm³/mol. The second-order valence-electron chi connectivity index (χ2n) is 1.47. The van der Waals surface area contributed by atoms with Crippen LogP contribution in [0.3, 0.4) is 0 Å². The Morgan fingerprint density at radius 1 is 1.78 bits per heavy atom. The van der Waals surface area contributed by atoms with Crippen LogP contribution in [0, 0.1) is 6.20 Å². The highest BCUT2D eigenvalue weighted by Gasteiger charge is 1.90. The van der Waals surface area contributed by atoms with Gasteiger partial charge in [0.05, 0.1) is 18.3 Å². The highest BCUT2D eigenvalue weighted by molar-refractivity contribution is 6.30. The zero-order valence-electron chi connectivity index (χ0n) is 4.89. The summed E-state index contributed by atoms with van der Waals surface area (Å²) in [6.45, 7) is 0. The van der Waals surface area contributed by atoms with Gasteiger partial charge in [-0.3, -0.25) is 0 Å². The Balaban J connectivity index is 2.94. The van der Waals surface area contributed by atoms with Crippen molar-refractivity contribution in [3.05, 3.63) is 23.5 Å². The zero-order chi connectivity index (χ0) is 6.69. The smallest absolute Gasteiger partial charge is 0.138 e. The molecule has 9 heavy (non-hydrogen) atoms. The Hall–Kier alpha value is -0.760. The molecule has 0 fully saturated rings. The second kappa shape index (κ2) is 2.69. The van der Waals surface area contributed by atoms with Crippen LogP contribution >= 0.6 is 11.6 Å². The van der Waals surface area contributed by atoms with E-state index in [1.807, 2.05) is 0 Å². The van der Waals surface area contributed by atoms with Crippen LogP contribution in [-0.4, -0.2) is 12.1 Å². The molecule has 0 aliphatic heterocycles. The van der Waals surface area contributed by atoms with Crippen molar-refractivity contribution in [3.63, 3.8) is 0 Å². The highest BCUT2D eigenvalue weighted by Crippen LogP contribution is 2.13. The summed E-state index contributed by atoms with van der Waals surface area (Å²) in [4.78, 5) is 3.67. The Morgan fingerprint density at radius 2 is 2.56 bits per heavy atom. The fraction of sp³-hybridized carbons (Fsp3) is 0.167. The molecule has 0 aliphatic rings. The van der Waals surface area contributed by atoms with Crippen molar-refractivity contribution in [2.75, 3.05) is 7.11 Å². The molecule has 0 atom stereocenters. The third-order valence-electron chi connectivity index (χ3n) is 0.868. The molecule has 1 aromatic rings. The number of hydrogen-bond acceptors (Lipinski definition) is 2. The third kappa shape index (κ3) is 1.57. The maximum absolute atomic E-state index is 5.53. The molecule has 47 valence electrons. The molecule has 2 nitrogen and oxygen atoms in total. The molecule has 1 aromatic heterocycles. The van der Waals surface area contributed by atoms with E-state index in [4.69, 9.17) is 16.3 Å². The van der Waals surface area contributed by atoms with Crippen molar-refractivity contribution in [2.24, 2.45) is 0 Å². The molecule has 0 saturated heterocycles. The topological polar surface area (TPSA) is 22.1 Å². The van der Waals surface area contributed by atoms with Gasteiger partial charge in [0.2, 0.25) is 0 Å². The monoisotopic (exact) mass is 142 g/mol. The Kier molecular flexibility index (Phi) is 1.90. The highest BCUT2D eigenvalue weighted by atomic mass is 35.5. The van der Waals surface area contributed by atoms with E-state index in [2.05, 4.69) is 11.2 Å². The Bertz CT molecular complexity index is 202. The molecule has 1 radical (unpaired) electrons. The number of hydrogen-bond donors (Lipinski definition) is 0. The Morgan fingerprint density at radius 3 is 3.00 bits per heavy atom. The summed E-state index contributed by atoms with van der Waals surface area (Å²) in [7, 11) is 1.56. The molecule has 0 amide bonds. The summed E-state index contributed by atoms with van der Waals surface area (Å²) in [5, 5.41) is 0.467. The molecule has 0 N–H and O–H groups in total. The standard InChI is InChI=1S/C6H5ClNO/c1-9-6-2-5(7)3-8-4-6/h2,4H,1H3. The lowest BCUT2D eigenvalue weighted by molar-refractivity contribution is 0.413. The van der Waals surface area contributed by atoms with Gasteiger partial charge in [-0.05, 0) is 0 Å². The van der Waals surface area contributed by atoms with Gasteiger partial charge in [-0.1, -0.05) is 11.6 Å². The van der Waals surface area contributed by atoms with Crippen LogP contribution in [0.5, 0.6) is 5.75 Å². The van der Waals surface area contributed by atoms with Crippen LogP contribution in [0.4, 0.5) is 0 Å². The maximum Gasteiger partial charge on any atom is 0.138 e. The third-order valence-corrected chi connectivity index (χ3v) is 1.06. The fourth-order valence-electron chi connectivity index (χ4n) is 0.464. The van der Waals surface area contributed by atoms with Crippen molar-refractivity contribution in [1.82, 2.24) is 4.98 Å². The molecule has 0 unspecified atom stereocenters. The van der Waals surface area contributed by atoms with E-state index in [-0.39, 0.29) is 0 Å². The molecular weight excluding hydrogens is 138 g/mol. The lowest BCUT2D eigenvalue weighted by Gasteiger charge is -1.95. The molecule has 1 rings (SSSR count). The summed E-state index contributed by atoms with van der Waals surface area (Å²) in [6, 6.07) is 1.65. The van der Waals surface area contributed by atoms with Gasteiger partial charge >= 0.3 is 0 Å². The van der Waals surface area contributed by atoms with Crippen LogP contribution in [-0.2, 0) is 0 Å². The normalized spacial score (nSPS) is 9.11. The summed E-state index contributed by atoms with van der Waals surface area (Å²) >= 11 is 5.53. The summed E-state index contributed by atoms with van der Waals surface area (Å²) in [5.74, 6) is 0.652. The Labute approximate surface area is 58.4 Å². The van der Waals surface area contributed by atoms with Crippen LogP contribution in [0.1, 0.15) is 0 Å². The molecule has 0 bridgehead atoms. The average molecular weight is 143 g/mol. The van der Waals surface area contributed by atoms with E-state index in [1.54, 1.807) is 19.4 Å². The number of methoxy groups -OCH3 is 1. The first kappa shape index (κ1) is 6.36. The van der Waals surface area contributed by atoms with Crippen molar-refractivity contribution < 1.29 is 4.74 Å². The summed E-state index contributed by atoms with van der Waals surface area (Å²) < 4.78 is 4.83. The van der Waals surface area contributed by atoms with Gasteiger partial charge in [0, 0.05) is 6.07 Å². The molecule has 0 saturated carbocycles. The van der Waals surface area contributed by atoms with Crippen molar-refractivity contribution in [2.45, 2.75) is 0 Å². The van der Waals surface area contributed by atoms with Crippen LogP contribution < -0.4 is 4.74 Å². The molecule has 3 heteroatoms. The number of ether oxygens (including phenoxy) is 1. The van der Waals surface area contributed by atoms with E-state index < -0.39 is 0 Å². The fourth-order valence-corrected chi connectivity index (χ4v) is 0.620. The molecular formula is C6H5ClNO. The SMILES string of the molecule is COc1cn[c]c(Cl)c1. The largest absolute Gasteiger partial charge is 0.495 e. The van der Waals surface area contributed by atoms with Gasteiger partial charge in [-0.2, -0.15) is 0 Å². The summed E-state index contributed by atoms with van der Waals surface area (Å²) in [6.07, 6.45) is 4.09. The number of pyridine rings is 1. The number of rotatable bonds is 1. The summed E-state index contributed by atoms with van der Waals surface area (Å²) in [5.41, 5.74) is 0. The van der Waals surface area contributed by atoms with E-state index in [1.165, 1.54) is 0 Å². The molecule has 0 spiro atoms.